The van der Waals surface area contributed by atoms with Crippen molar-refractivity contribution in [1.82, 2.24) is 19.8 Å². The van der Waals surface area contributed by atoms with Gasteiger partial charge in [0, 0.05) is 51.8 Å². The molecular weight excluding hydrogens is 386 g/mol. The van der Waals surface area contributed by atoms with Crippen LogP contribution in [0.3, 0.4) is 0 Å². The highest BCUT2D eigenvalue weighted by atomic mass is 35.5. The Kier molecular flexibility index (Phi) is 6.81. The molecule has 148 valence electrons. The minimum Gasteiger partial charge on any atom is -0.353 e. The first-order chi connectivity index (χ1) is 12.9. The molecule has 2 saturated heterocycles. The van der Waals surface area contributed by atoms with Gasteiger partial charge in [0.05, 0.1) is 5.75 Å². The number of carbonyl (C=O) groups excluding carboxylic acids is 2. The van der Waals surface area contributed by atoms with Gasteiger partial charge in [-0.25, -0.2) is 9.97 Å². The zero-order valence-corrected chi connectivity index (χ0v) is 17.4. The molecule has 3 heterocycles. The van der Waals surface area contributed by atoms with Crippen LogP contribution in [0.5, 0.6) is 0 Å². The molecule has 2 aliphatic heterocycles. The Bertz CT molecular complexity index is 698. The topological polar surface area (TPSA) is 69.6 Å². The molecule has 1 unspecified atom stereocenters. The van der Waals surface area contributed by atoms with E-state index in [1.807, 2.05) is 16.7 Å². The molecule has 27 heavy (non-hydrogen) atoms. The molecule has 7 nitrogen and oxygen atoms in total. The predicted octanol–water partition coefficient (Wildman–Crippen LogP) is 2.29. The molecule has 0 aromatic carbocycles. The van der Waals surface area contributed by atoms with Gasteiger partial charge in [0.25, 0.3) is 0 Å². The number of anilines is 1. The summed E-state index contributed by atoms with van der Waals surface area (Å²) in [5, 5.41) is 0.888. The number of amides is 2. The normalized spacial score (nSPS) is 20.7. The van der Waals surface area contributed by atoms with E-state index in [1.54, 1.807) is 13.0 Å². The van der Waals surface area contributed by atoms with Gasteiger partial charge in [-0.2, -0.15) is 0 Å². The molecule has 9 heteroatoms. The quantitative estimate of drug-likeness (QED) is 0.430. The summed E-state index contributed by atoms with van der Waals surface area (Å²) in [6, 6.07) is 1.86. The maximum Gasteiger partial charge on any atom is 0.233 e. The third-order valence-corrected chi connectivity index (χ3v) is 6.08. The summed E-state index contributed by atoms with van der Waals surface area (Å²) in [5.74, 6) is 1.30. The predicted molar refractivity (Wildman–Crippen MR) is 107 cm³/mol. The Morgan fingerprint density at radius 3 is 2.59 bits per heavy atom. The van der Waals surface area contributed by atoms with Gasteiger partial charge in [0.15, 0.2) is 5.16 Å². The smallest absolute Gasteiger partial charge is 0.233 e. The van der Waals surface area contributed by atoms with Gasteiger partial charge in [0.2, 0.25) is 11.8 Å². The van der Waals surface area contributed by atoms with E-state index in [4.69, 9.17) is 11.6 Å². The Morgan fingerprint density at radius 2 is 1.93 bits per heavy atom. The van der Waals surface area contributed by atoms with Crippen molar-refractivity contribution >= 4 is 41.0 Å². The van der Waals surface area contributed by atoms with Crippen molar-refractivity contribution in [3.8, 4) is 0 Å². The van der Waals surface area contributed by atoms with Crippen LogP contribution >= 0.6 is 23.4 Å². The number of nitrogens with zero attached hydrogens (tertiary/aromatic N) is 5. The van der Waals surface area contributed by atoms with Gasteiger partial charge in [-0.3, -0.25) is 9.59 Å². The lowest BCUT2D eigenvalue weighted by Crippen LogP contribution is -2.53. The zero-order chi connectivity index (χ0) is 19.4. The maximum atomic E-state index is 12.4. The summed E-state index contributed by atoms with van der Waals surface area (Å²) in [6.45, 7) is 7.38. The Labute approximate surface area is 169 Å². The number of piperazine rings is 1. The number of piperidine rings is 1. The fourth-order valence-electron chi connectivity index (χ4n) is 3.61. The highest BCUT2D eigenvalue weighted by Gasteiger charge is 2.26. The lowest BCUT2D eigenvalue weighted by molar-refractivity contribution is -0.131. The highest BCUT2D eigenvalue weighted by molar-refractivity contribution is 7.99. The number of carbonyl (C=O) groups is 2. The zero-order valence-electron chi connectivity index (χ0n) is 15.9. The number of hydrogen-bond acceptors (Lipinski definition) is 6. The van der Waals surface area contributed by atoms with Crippen molar-refractivity contribution in [2.45, 2.75) is 44.3 Å². The highest BCUT2D eigenvalue weighted by Crippen LogP contribution is 2.24. The molecule has 0 radical (unpaired) electrons. The van der Waals surface area contributed by atoms with Crippen molar-refractivity contribution < 1.29 is 9.59 Å². The molecule has 0 saturated carbocycles. The number of likely N-dealkylation sites (tertiary alicyclic amines) is 1. The fraction of sp³-hybridized carbons (Fsp3) is 0.667. The van der Waals surface area contributed by atoms with Crippen LogP contribution in [0.2, 0.25) is 5.15 Å². The van der Waals surface area contributed by atoms with E-state index >= 15 is 0 Å². The fourth-order valence-corrected chi connectivity index (χ4v) is 4.59. The van der Waals surface area contributed by atoms with Gasteiger partial charge < -0.3 is 14.7 Å². The monoisotopic (exact) mass is 411 g/mol. The van der Waals surface area contributed by atoms with Crippen LogP contribution in [0.1, 0.15) is 33.1 Å². The summed E-state index contributed by atoms with van der Waals surface area (Å²) in [4.78, 5) is 38.8. The van der Waals surface area contributed by atoms with Crippen molar-refractivity contribution in [2.75, 3.05) is 43.4 Å². The molecule has 2 fully saturated rings. The van der Waals surface area contributed by atoms with E-state index in [9.17, 15) is 9.59 Å². The maximum absolute atomic E-state index is 12.4. The SMILES string of the molecule is CC(=O)N1CCN(c2cc(Cl)nc(SCC(=O)N3CCCCC3)n2)CC1C. The summed E-state index contributed by atoms with van der Waals surface area (Å²) >= 11 is 7.53. The molecular formula is C18H26ClN5O2S. The van der Waals surface area contributed by atoms with Crippen LogP contribution in [-0.4, -0.2) is 76.1 Å². The third kappa shape index (κ3) is 5.25. The van der Waals surface area contributed by atoms with Gasteiger partial charge in [-0.1, -0.05) is 23.4 Å². The summed E-state index contributed by atoms with van der Waals surface area (Å²) < 4.78 is 0. The second-order valence-corrected chi connectivity index (χ2v) is 8.40. The van der Waals surface area contributed by atoms with E-state index in [-0.39, 0.29) is 17.9 Å². The molecule has 1 aromatic heterocycles. The average Bonchev–Trinajstić information content (AvgIpc) is 2.66. The second kappa shape index (κ2) is 9.10. The van der Waals surface area contributed by atoms with Crippen LogP contribution < -0.4 is 4.90 Å². The van der Waals surface area contributed by atoms with Crippen LogP contribution in [-0.2, 0) is 9.59 Å². The summed E-state index contributed by atoms with van der Waals surface area (Å²) in [5.41, 5.74) is 0. The second-order valence-electron chi connectivity index (χ2n) is 7.07. The van der Waals surface area contributed by atoms with E-state index in [1.165, 1.54) is 18.2 Å². The molecule has 1 atom stereocenters. The summed E-state index contributed by atoms with van der Waals surface area (Å²) in [6.07, 6.45) is 3.37. The molecule has 0 aliphatic carbocycles. The van der Waals surface area contributed by atoms with Crippen LogP contribution in [0.15, 0.2) is 11.2 Å². The molecule has 0 spiro atoms. The molecule has 2 aliphatic rings. The van der Waals surface area contributed by atoms with Gasteiger partial charge in [0.1, 0.15) is 11.0 Å². The molecule has 0 N–H and O–H groups in total. The molecule has 2 amide bonds. The minimum atomic E-state index is 0.0929. The summed E-state index contributed by atoms with van der Waals surface area (Å²) in [7, 11) is 0. The lowest BCUT2D eigenvalue weighted by Gasteiger charge is -2.40. The Balaban J connectivity index is 1.62. The minimum absolute atomic E-state index is 0.0929. The standard InChI is InChI=1S/C18H26ClN5O2S/c1-13-11-23(8-9-24(13)14(2)25)16-10-15(19)20-18(21-16)27-12-17(26)22-6-4-3-5-7-22/h10,13H,3-9,11-12H2,1-2H3. The molecule has 0 bridgehead atoms. The van der Waals surface area contributed by atoms with Gasteiger partial charge in [-0.05, 0) is 26.2 Å². The molecule has 1 aromatic rings. The first-order valence-electron chi connectivity index (χ1n) is 9.41. The Morgan fingerprint density at radius 1 is 1.19 bits per heavy atom. The van der Waals surface area contributed by atoms with Gasteiger partial charge >= 0.3 is 0 Å². The average molecular weight is 412 g/mol. The van der Waals surface area contributed by atoms with Crippen LogP contribution in [0.25, 0.3) is 0 Å². The van der Waals surface area contributed by atoms with Gasteiger partial charge in [-0.15, -0.1) is 0 Å². The van der Waals surface area contributed by atoms with E-state index in [2.05, 4.69) is 14.9 Å². The number of thioether (sulfide) groups is 1. The van der Waals surface area contributed by atoms with E-state index in [0.717, 1.165) is 31.7 Å². The molecule has 3 rings (SSSR count). The third-order valence-electron chi connectivity index (χ3n) is 5.05. The first-order valence-corrected chi connectivity index (χ1v) is 10.8. The largest absolute Gasteiger partial charge is 0.353 e. The van der Waals surface area contributed by atoms with Crippen molar-refractivity contribution in [3.63, 3.8) is 0 Å². The number of hydrogen-bond donors (Lipinski definition) is 0. The van der Waals surface area contributed by atoms with Crippen molar-refractivity contribution in [1.29, 1.82) is 0 Å². The van der Waals surface area contributed by atoms with Crippen LogP contribution in [0.4, 0.5) is 5.82 Å². The number of aromatic nitrogens is 2. The van der Waals surface area contributed by atoms with Crippen LogP contribution in [0, 0.1) is 0 Å². The Hall–Kier alpha value is -1.54. The number of halogens is 1. The van der Waals surface area contributed by atoms with E-state index in [0.29, 0.717) is 35.7 Å². The lowest BCUT2D eigenvalue weighted by atomic mass is 10.1. The number of rotatable bonds is 4. The van der Waals surface area contributed by atoms with Crippen molar-refractivity contribution in [3.05, 3.63) is 11.2 Å². The van der Waals surface area contributed by atoms with E-state index < -0.39 is 0 Å². The van der Waals surface area contributed by atoms with Crippen molar-refractivity contribution in [2.24, 2.45) is 0 Å². The first kappa shape index (κ1) is 20.2.